The molecular formula is C20H25N3O3. The fourth-order valence-corrected chi connectivity index (χ4v) is 4.23. The van der Waals surface area contributed by atoms with Gasteiger partial charge in [-0.15, -0.1) is 0 Å². The van der Waals surface area contributed by atoms with Crippen LogP contribution in [0.2, 0.25) is 0 Å². The summed E-state index contributed by atoms with van der Waals surface area (Å²) in [6.07, 6.45) is 5.13. The Hall–Kier alpha value is -2.37. The second-order valence-corrected chi connectivity index (χ2v) is 8.07. The highest BCUT2D eigenvalue weighted by atomic mass is 16.2. The van der Waals surface area contributed by atoms with Crippen molar-refractivity contribution in [2.75, 3.05) is 13.1 Å². The van der Waals surface area contributed by atoms with Gasteiger partial charge in [0.2, 0.25) is 5.91 Å². The molecule has 26 heavy (non-hydrogen) atoms. The molecule has 2 N–H and O–H groups in total. The quantitative estimate of drug-likeness (QED) is 0.766. The van der Waals surface area contributed by atoms with Gasteiger partial charge in [0.15, 0.2) is 0 Å². The van der Waals surface area contributed by atoms with Crippen molar-refractivity contribution >= 4 is 17.8 Å². The highest BCUT2D eigenvalue weighted by Crippen LogP contribution is 2.43. The Morgan fingerprint density at radius 1 is 1.23 bits per heavy atom. The maximum Gasteiger partial charge on any atom is 0.325 e. The van der Waals surface area contributed by atoms with E-state index in [9.17, 15) is 14.4 Å². The summed E-state index contributed by atoms with van der Waals surface area (Å²) < 4.78 is 0. The lowest BCUT2D eigenvalue weighted by molar-refractivity contribution is -0.135. The van der Waals surface area contributed by atoms with Gasteiger partial charge < -0.3 is 10.6 Å². The fraction of sp³-hybridized carbons (Fsp3) is 0.550. The molecule has 138 valence electrons. The Labute approximate surface area is 153 Å². The number of urea groups is 1. The second-order valence-electron chi connectivity index (χ2n) is 8.07. The summed E-state index contributed by atoms with van der Waals surface area (Å²) in [6, 6.07) is 9.77. The van der Waals surface area contributed by atoms with Gasteiger partial charge in [-0.25, -0.2) is 4.79 Å². The molecule has 0 spiro atoms. The van der Waals surface area contributed by atoms with Gasteiger partial charge in [0.05, 0.1) is 0 Å². The van der Waals surface area contributed by atoms with E-state index in [4.69, 9.17) is 0 Å². The molecule has 1 heterocycles. The predicted molar refractivity (Wildman–Crippen MR) is 96.4 cm³/mol. The number of hydrogen-bond donors (Lipinski definition) is 2. The van der Waals surface area contributed by atoms with Crippen molar-refractivity contribution in [3.8, 4) is 0 Å². The number of imide groups is 1. The zero-order valence-corrected chi connectivity index (χ0v) is 15.1. The van der Waals surface area contributed by atoms with E-state index in [1.54, 1.807) is 6.92 Å². The number of hydrogen-bond acceptors (Lipinski definition) is 3. The van der Waals surface area contributed by atoms with Gasteiger partial charge in [-0.1, -0.05) is 36.8 Å². The second kappa shape index (κ2) is 6.11. The molecule has 1 saturated heterocycles. The summed E-state index contributed by atoms with van der Waals surface area (Å²) in [6.45, 7) is 2.10. The summed E-state index contributed by atoms with van der Waals surface area (Å²) in [5, 5.41) is 5.73. The molecule has 4 rings (SSSR count). The fourth-order valence-electron chi connectivity index (χ4n) is 4.23. The molecular weight excluding hydrogens is 330 g/mol. The van der Waals surface area contributed by atoms with Crippen LogP contribution in [0.3, 0.4) is 0 Å². The van der Waals surface area contributed by atoms with Crippen LogP contribution in [0.25, 0.3) is 0 Å². The minimum absolute atomic E-state index is 0.0171. The Balaban J connectivity index is 1.37. The van der Waals surface area contributed by atoms with Gasteiger partial charge in [0, 0.05) is 12.0 Å². The number of rotatable bonds is 6. The molecule has 6 nitrogen and oxygen atoms in total. The summed E-state index contributed by atoms with van der Waals surface area (Å²) in [7, 11) is 0. The smallest absolute Gasteiger partial charge is 0.325 e. The van der Waals surface area contributed by atoms with Gasteiger partial charge in [0.25, 0.3) is 5.91 Å². The van der Waals surface area contributed by atoms with Crippen molar-refractivity contribution in [2.24, 2.45) is 5.92 Å². The predicted octanol–water partition coefficient (Wildman–Crippen LogP) is 1.95. The molecule has 6 heteroatoms. The normalized spacial score (nSPS) is 27.0. The van der Waals surface area contributed by atoms with E-state index in [-0.39, 0.29) is 29.7 Å². The van der Waals surface area contributed by atoms with Crippen LogP contribution in [0.1, 0.15) is 44.6 Å². The maximum atomic E-state index is 12.6. The largest absolute Gasteiger partial charge is 0.354 e. The van der Waals surface area contributed by atoms with Crippen molar-refractivity contribution in [1.29, 1.82) is 0 Å². The van der Waals surface area contributed by atoms with Crippen LogP contribution in [-0.2, 0) is 15.0 Å². The Morgan fingerprint density at radius 2 is 1.92 bits per heavy atom. The first kappa shape index (κ1) is 17.1. The van der Waals surface area contributed by atoms with Crippen LogP contribution in [0, 0.1) is 5.92 Å². The van der Waals surface area contributed by atoms with Crippen LogP contribution >= 0.6 is 0 Å². The molecule has 4 amide bonds. The van der Waals surface area contributed by atoms with Crippen LogP contribution in [0.4, 0.5) is 4.79 Å². The van der Waals surface area contributed by atoms with E-state index < -0.39 is 11.6 Å². The average molecular weight is 355 g/mol. The van der Waals surface area contributed by atoms with Gasteiger partial charge in [-0.3, -0.25) is 14.5 Å². The lowest BCUT2D eigenvalue weighted by Gasteiger charge is -2.42. The standard InChI is InChI=1S/C20H25N3O3/c1-19(14-8-9-14)17(25)23(18(26)22-19)12-16(24)21-13-20(10-5-11-20)15-6-3-2-4-7-15/h2-4,6-7,14H,5,8-13H2,1H3,(H,21,24)(H,22,26). The van der Waals surface area contributed by atoms with Crippen LogP contribution in [0.5, 0.6) is 0 Å². The van der Waals surface area contributed by atoms with Crippen LogP contribution < -0.4 is 10.6 Å². The molecule has 0 bridgehead atoms. The summed E-state index contributed by atoms with van der Waals surface area (Å²) in [5.74, 6) is -0.361. The zero-order valence-electron chi connectivity index (χ0n) is 15.1. The highest BCUT2D eigenvalue weighted by Gasteiger charge is 2.56. The van der Waals surface area contributed by atoms with Gasteiger partial charge in [0.1, 0.15) is 12.1 Å². The topological polar surface area (TPSA) is 78.5 Å². The maximum absolute atomic E-state index is 12.6. The van der Waals surface area contributed by atoms with Crippen molar-refractivity contribution in [3.63, 3.8) is 0 Å². The van der Waals surface area contributed by atoms with E-state index in [2.05, 4.69) is 22.8 Å². The Bertz CT molecular complexity index is 740. The van der Waals surface area contributed by atoms with Gasteiger partial charge in [-0.2, -0.15) is 0 Å². The third-order valence-electron chi connectivity index (χ3n) is 6.32. The van der Waals surface area contributed by atoms with Gasteiger partial charge in [-0.05, 0) is 44.1 Å². The Morgan fingerprint density at radius 3 is 2.50 bits per heavy atom. The van der Waals surface area contributed by atoms with E-state index in [1.165, 1.54) is 5.56 Å². The number of nitrogens with zero attached hydrogens (tertiary/aromatic N) is 1. The molecule has 2 saturated carbocycles. The molecule has 3 fully saturated rings. The number of benzene rings is 1. The van der Waals surface area contributed by atoms with E-state index in [0.717, 1.165) is 37.0 Å². The molecule has 1 unspecified atom stereocenters. The average Bonchev–Trinajstić information content (AvgIpc) is 3.41. The van der Waals surface area contributed by atoms with Crippen molar-refractivity contribution in [2.45, 2.75) is 50.0 Å². The summed E-state index contributed by atoms with van der Waals surface area (Å²) in [4.78, 5) is 38.3. The first-order chi connectivity index (χ1) is 12.4. The number of nitrogens with one attached hydrogen (secondary N) is 2. The molecule has 0 aromatic heterocycles. The molecule has 3 aliphatic rings. The molecule has 0 radical (unpaired) electrons. The van der Waals surface area contributed by atoms with E-state index in [0.29, 0.717) is 6.54 Å². The molecule has 2 aliphatic carbocycles. The number of amides is 4. The third-order valence-corrected chi connectivity index (χ3v) is 6.32. The summed E-state index contributed by atoms with van der Waals surface area (Å²) >= 11 is 0. The van der Waals surface area contributed by atoms with Crippen molar-refractivity contribution in [3.05, 3.63) is 35.9 Å². The van der Waals surface area contributed by atoms with Crippen molar-refractivity contribution < 1.29 is 14.4 Å². The first-order valence-corrected chi connectivity index (χ1v) is 9.41. The monoisotopic (exact) mass is 355 g/mol. The molecule has 1 atom stereocenters. The van der Waals surface area contributed by atoms with Gasteiger partial charge >= 0.3 is 6.03 Å². The minimum atomic E-state index is -0.837. The van der Waals surface area contributed by atoms with E-state index >= 15 is 0 Å². The lowest BCUT2D eigenvalue weighted by Crippen LogP contribution is -2.49. The molecule has 1 aliphatic heterocycles. The van der Waals surface area contributed by atoms with Crippen LogP contribution in [0.15, 0.2) is 30.3 Å². The number of carbonyl (C=O) groups is 3. The minimum Gasteiger partial charge on any atom is -0.354 e. The molecule has 1 aromatic rings. The number of carbonyl (C=O) groups excluding carboxylic acids is 3. The SMILES string of the molecule is CC1(C2CC2)NC(=O)N(CC(=O)NCC2(c3ccccc3)CCC2)C1=O. The zero-order chi connectivity index (χ0) is 18.4. The third kappa shape index (κ3) is 2.77. The Kier molecular flexibility index (Phi) is 4.01. The first-order valence-electron chi connectivity index (χ1n) is 9.41. The highest BCUT2D eigenvalue weighted by molar-refractivity contribution is 6.09. The summed E-state index contributed by atoms with van der Waals surface area (Å²) in [5.41, 5.74) is 0.385. The molecule has 1 aromatic carbocycles. The van der Waals surface area contributed by atoms with E-state index in [1.807, 2.05) is 18.2 Å². The lowest BCUT2D eigenvalue weighted by atomic mass is 9.64. The van der Waals surface area contributed by atoms with Crippen LogP contribution in [-0.4, -0.2) is 41.4 Å². The van der Waals surface area contributed by atoms with Crippen molar-refractivity contribution in [1.82, 2.24) is 15.5 Å².